The molecule has 1 heterocycles. The van der Waals surface area contributed by atoms with E-state index in [9.17, 15) is 0 Å². The van der Waals surface area contributed by atoms with E-state index in [1.165, 1.54) is 37.9 Å². The van der Waals surface area contributed by atoms with Crippen LogP contribution in [0.5, 0.6) is 0 Å². The lowest BCUT2D eigenvalue weighted by Crippen LogP contribution is -2.20. The summed E-state index contributed by atoms with van der Waals surface area (Å²) in [6.45, 7) is 0. The van der Waals surface area contributed by atoms with Crippen LogP contribution in [0.15, 0.2) is 35.2 Å². The number of fused-ring (bicyclic) bond motifs is 2. The highest BCUT2D eigenvalue weighted by atomic mass is 32.2. The van der Waals surface area contributed by atoms with Crippen molar-refractivity contribution in [2.45, 2.75) is 42.2 Å². The van der Waals surface area contributed by atoms with E-state index >= 15 is 0 Å². The van der Waals surface area contributed by atoms with E-state index in [1.54, 1.807) is 4.90 Å². The molecule has 3 atom stereocenters. The van der Waals surface area contributed by atoms with Crippen LogP contribution in [-0.4, -0.2) is 11.0 Å². The quantitative estimate of drug-likeness (QED) is 0.633. The minimum Gasteiger partial charge on any atom is -0.0619 e. The van der Waals surface area contributed by atoms with Gasteiger partial charge in [0.1, 0.15) is 11.0 Å². The molecule has 0 radical (unpaired) electrons. The molecule has 2 aliphatic rings. The fourth-order valence-corrected chi connectivity index (χ4v) is 6.01. The summed E-state index contributed by atoms with van der Waals surface area (Å²) in [4.78, 5) is 1.63. The lowest BCUT2D eigenvalue weighted by Gasteiger charge is -2.12. The summed E-state index contributed by atoms with van der Waals surface area (Å²) in [5.41, 5.74) is 0. The molecular formula is C14H19S+. The Kier molecular flexibility index (Phi) is 2.74. The van der Waals surface area contributed by atoms with Crippen LogP contribution in [0.4, 0.5) is 0 Å². The molecule has 0 spiro atoms. The second kappa shape index (κ2) is 4.21. The van der Waals surface area contributed by atoms with Gasteiger partial charge in [-0.2, -0.15) is 0 Å². The van der Waals surface area contributed by atoms with Gasteiger partial charge in [0.15, 0.2) is 4.90 Å². The van der Waals surface area contributed by atoms with Crippen molar-refractivity contribution in [2.24, 2.45) is 5.92 Å². The van der Waals surface area contributed by atoms with Gasteiger partial charge >= 0.3 is 0 Å². The summed E-state index contributed by atoms with van der Waals surface area (Å²) in [7, 11) is 0.578. The molecule has 2 fully saturated rings. The molecule has 3 unspecified atom stereocenters. The molecule has 0 aromatic heterocycles. The van der Waals surface area contributed by atoms with Gasteiger partial charge in [-0.25, -0.2) is 0 Å². The summed E-state index contributed by atoms with van der Waals surface area (Å²) in [6, 6.07) is 11.3. The molecule has 1 aromatic carbocycles. The number of hydrogen-bond donors (Lipinski definition) is 0. The molecule has 80 valence electrons. The third-order valence-electron chi connectivity index (χ3n) is 3.92. The Hall–Kier alpha value is -0.430. The first-order chi connectivity index (χ1) is 7.43. The summed E-state index contributed by atoms with van der Waals surface area (Å²) < 4.78 is 0. The topological polar surface area (TPSA) is 0 Å². The van der Waals surface area contributed by atoms with E-state index in [1.807, 2.05) is 0 Å². The summed E-state index contributed by atoms with van der Waals surface area (Å²) in [6.07, 6.45) is 7.52. The van der Waals surface area contributed by atoms with Crippen molar-refractivity contribution in [3.8, 4) is 0 Å². The zero-order valence-electron chi connectivity index (χ0n) is 9.19. The van der Waals surface area contributed by atoms with Crippen LogP contribution in [0, 0.1) is 5.92 Å². The van der Waals surface area contributed by atoms with Crippen molar-refractivity contribution in [2.75, 3.05) is 5.75 Å². The third kappa shape index (κ3) is 1.94. The van der Waals surface area contributed by atoms with Gasteiger partial charge in [-0.15, -0.1) is 0 Å². The predicted octanol–water partition coefficient (Wildman–Crippen LogP) is 3.63. The Bertz CT molecular complexity index is 319. The lowest BCUT2D eigenvalue weighted by molar-refractivity contribution is 0.504. The van der Waals surface area contributed by atoms with Crippen molar-refractivity contribution in [1.29, 1.82) is 0 Å². The van der Waals surface area contributed by atoms with Gasteiger partial charge in [-0.3, -0.25) is 0 Å². The van der Waals surface area contributed by atoms with E-state index in [2.05, 4.69) is 30.3 Å². The maximum atomic E-state index is 2.35. The Labute approximate surface area is 95.4 Å². The van der Waals surface area contributed by atoms with Crippen LogP contribution in [0.3, 0.4) is 0 Å². The standard InChI is InChI=1S/C14H19S/c1-2-6-13(7-3-1)15-10-4-5-12-8-9-14(15)11-12/h1-3,6-7,12,14H,4-5,8-11H2/q+1. The van der Waals surface area contributed by atoms with Gasteiger partial charge in [0.25, 0.3) is 0 Å². The van der Waals surface area contributed by atoms with Gasteiger partial charge in [-0.1, -0.05) is 18.2 Å². The zero-order chi connectivity index (χ0) is 10.1. The molecular weight excluding hydrogens is 200 g/mol. The number of hydrogen-bond acceptors (Lipinski definition) is 0. The Morgan fingerprint density at radius 1 is 1.00 bits per heavy atom. The van der Waals surface area contributed by atoms with Crippen molar-refractivity contribution in [1.82, 2.24) is 0 Å². The normalized spacial score (nSPS) is 35.1. The van der Waals surface area contributed by atoms with Gasteiger partial charge in [0, 0.05) is 10.9 Å². The molecule has 15 heavy (non-hydrogen) atoms. The van der Waals surface area contributed by atoms with E-state index in [0.29, 0.717) is 10.9 Å². The molecule has 1 aliphatic heterocycles. The van der Waals surface area contributed by atoms with Gasteiger partial charge in [0.2, 0.25) is 0 Å². The molecule has 0 nitrogen and oxygen atoms in total. The Morgan fingerprint density at radius 3 is 2.73 bits per heavy atom. The molecule has 1 heteroatoms. The Balaban J connectivity index is 1.85. The maximum absolute atomic E-state index is 2.35. The van der Waals surface area contributed by atoms with E-state index < -0.39 is 0 Å². The second-order valence-electron chi connectivity index (χ2n) is 4.89. The van der Waals surface area contributed by atoms with Crippen LogP contribution in [0.25, 0.3) is 0 Å². The maximum Gasteiger partial charge on any atom is 0.155 e. The van der Waals surface area contributed by atoms with Crippen molar-refractivity contribution >= 4 is 10.9 Å². The smallest absolute Gasteiger partial charge is 0.0619 e. The first-order valence-electron chi connectivity index (χ1n) is 6.18. The molecule has 1 aliphatic carbocycles. The minimum absolute atomic E-state index is 0.578. The van der Waals surface area contributed by atoms with Crippen molar-refractivity contribution < 1.29 is 0 Å². The average Bonchev–Trinajstić information content (AvgIpc) is 2.61. The van der Waals surface area contributed by atoms with Crippen LogP contribution in [0.1, 0.15) is 32.1 Å². The van der Waals surface area contributed by atoms with E-state index in [-0.39, 0.29) is 0 Å². The van der Waals surface area contributed by atoms with Crippen molar-refractivity contribution in [3.63, 3.8) is 0 Å². The van der Waals surface area contributed by atoms with Crippen molar-refractivity contribution in [3.05, 3.63) is 30.3 Å². The first-order valence-corrected chi connectivity index (χ1v) is 7.64. The highest BCUT2D eigenvalue weighted by Crippen LogP contribution is 2.40. The molecule has 0 amide bonds. The molecule has 2 bridgehead atoms. The fraction of sp³-hybridized carbons (Fsp3) is 0.571. The SMILES string of the molecule is c1ccc([S+]2CCCC3CCC2C3)cc1. The number of rotatable bonds is 1. The highest BCUT2D eigenvalue weighted by Gasteiger charge is 2.41. The largest absolute Gasteiger partial charge is 0.155 e. The molecule has 1 saturated heterocycles. The number of benzene rings is 1. The zero-order valence-corrected chi connectivity index (χ0v) is 10.0. The van der Waals surface area contributed by atoms with Gasteiger partial charge in [-0.05, 0) is 50.2 Å². The first kappa shape index (κ1) is 9.77. The van der Waals surface area contributed by atoms with Gasteiger partial charge in [0.05, 0.1) is 0 Å². The van der Waals surface area contributed by atoms with E-state index in [4.69, 9.17) is 0 Å². The summed E-state index contributed by atoms with van der Waals surface area (Å²) in [5.74, 6) is 2.54. The van der Waals surface area contributed by atoms with E-state index in [0.717, 1.165) is 11.2 Å². The Morgan fingerprint density at radius 2 is 1.87 bits per heavy atom. The summed E-state index contributed by atoms with van der Waals surface area (Å²) in [5, 5.41) is 1.03. The van der Waals surface area contributed by atoms with Crippen LogP contribution < -0.4 is 0 Å². The molecule has 1 saturated carbocycles. The van der Waals surface area contributed by atoms with Crippen LogP contribution in [-0.2, 0) is 10.9 Å². The van der Waals surface area contributed by atoms with Crippen LogP contribution >= 0.6 is 0 Å². The second-order valence-corrected chi connectivity index (χ2v) is 7.29. The minimum atomic E-state index is 0.578. The fourth-order valence-electron chi connectivity index (χ4n) is 3.15. The van der Waals surface area contributed by atoms with Crippen LogP contribution in [0.2, 0.25) is 0 Å². The van der Waals surface area contributed by atoms with Gasteiger partial charge < -0.3 is 0 Å². The molecule has 3 rings (SSSR count). The molecule has 1 aromatic rings. The molecule has 0 N–H and O–H groups in total. The average molecular weight is 219 g/mol. The highest BCUT2D eigenvalue weighted by molar-refractivity contribution is 7.97. The lowest BCUT2D eigenvalue weighted by atomic mass is 10.0. The predicted molar refractivity (Wildman–Crippen MR) is 67.3 cm³/mol. The monoisotopic (exact) mass is 219 g/mol. The summed E-state index contributed by atoms with van der Waals surface area (Å²) >= 11 is 0. The third-order valence-corrected chi connectivity index (χ3v) is 6.76.